The average Bonchev–Trinajstić information content (AvgIpc) is 2.79. The molecular formula is C26H29NO3. The van der Waals surface area contributed by atoms with Gasteiger partial charge in [-0.05, 0) is 37.3 Å². The van der Waals surface area contributed by atoms with Gasteiger partial charge in [-0.15, -0.1) is 0 Å². The standard InChI is InChI=1S/C26H29NO3/c1-4-26(5-2)17-22(21-14-8-9-15-24(21)30-26)27-25(28)18(3)29-23-16-10-12-19-11-6-7-13-20(19)23/h6-16,18,22H,4-5,17H2,1-3H3,(H,27,28). The molecule has 0 saturated carbocycles. The van der Waals surface area contributed by atoms with E-state index in [2.05, 4.69) is 19.2 Å². The molecule has 30 heavy (non-hydrogen) atoms. The van der Waals surface area contributed by atoms with Crippen molar-refractivity contribution in [3.8, 4) is 11.5 Å². The molecule has 1 N–H and O–H groups in total. The van der Waals surface area contributed by atoms with E-state index in [-0.39, 0.29) is 17.6 Å². The van der Waals surface area contributed by atoms with E-state index in [0.29, 0.717) is 0 Å². The fourth-order valence-electron chi connectivity index (χ4n) is 4.26. The van der Waals surface area contributed by atoms with E-state index in [0.717, 1.165) is 47.1 Å². The number of carbonyl (C=O) groups excluding carboxylic acids is 1. The van der Waals surface area contributed by atoms with Crippen molar-refractivity contribution >= 4 is 16.7 Å². The number of ether oxygens (including phenoxy) is 2. The summed E-state index contributed by atoms with van der Waals surface area (Å²) in [5.74, 6) is 1.46. The van der Waals surface area contributed by atoms with Gasteiger partial charge in [0.15, 0.2) is 6.10 Å². The van der Waals surface area contributed by atoms with Crippen LogP contribution in [-0.4, -0.2) is 17.6 Å². The fourth-order valence-corrected chi connectivity index (χ4v) is 4.26. The highest BCUT2D eigenvalue weighted by Gasteiger charge is 2.39. The molecule has 2 unspecified atom stereocenters. The van der Waals surface area contributed by atoms with Gasteiger partial charge in [0.2, 0.25) is 0 Å². The maximum atomic E-state index is 13.1. The van der Waals surface area contributed by atoms with Gasteiger partial charge < -0.3 is 14.8 Å². The number of hydrogen-bond acceptors (Lipinski definition) is 3. The van der Waals surface area contributed by atoms with Crippen molar-refractivity contribution in [2.45, 2.75) is 57.8 Å². The zero-order valence-corrected chi connectivity index (χ0v) is 17.9. The number of hydrogen-bond donors (Lipinski definition) is 1. The zero-order valence-electron chi connectivity index (χ0n) is 17.9. The lowest BCUT2D eigenvalue weighted by Gasteiger charge is -2.41. The van der Waals surface area contributed by atoms with Crippen LogP contribution in [0.4, 0.5) is 0 Å². The second kappa shape index (κ2) is 8.39. The largest absolute Gasteiger partial charge is 0.487 e. The number of fused-ring (bicyclic) bond motifs is 2. The topological polar surface area (TPSA) is 47.6 Å². The summed E-state index contributed by atoms with van der Waals surface area (Å²) in [6, 6.07) is 21.8. The summed E-state index contributed by atoms with van der Waals surface area (Å²) in [4.78, 5) is 13.1. The lowest BCUT2D eigenvalue weighted by molar-refractivity contribution is -0.128. The Morgan fingerprint density at radius 3 is 2.57 bits per heavy atom. The zero-order chi connectivity index (χ0) is 21.1. The Morgan fingerprint density at radius 1 is 1.07 bits per heavy atom. The normalized spacial score (nSPS) is 18.2. The first kappa shape index (κ1) is 20.3. The first-order valence-electron chi connectivity index (χ1n) is 10.8. The number of carbonyl (C=O) groups is 1. The Bertz CT molecular complexity index is 1040. The fraction of sp³-hybridized carbons (Fsp3) is 0.346. The lowest BCUT2D eigenvalue weighted by atomic mass is 9.83. The average molecular weight is 404 g/mol. The molecule has 4 nitrogen and oxygen atoms in total. The molecule has 4 rings (SSSR count). The Kier molecular flexibility index (Phi) is 5.67. The van der Waals surface area contributed by atoms with Gasteiger partial charge in [0.25, 0.3) is 5.91 Å². The van der Waals surface area contributed by atoms with Crippen LogP contribution in [0, 0.1) is 0 Å². The minimum Gasteiger partial charge on any atom is -0.487 e. The number of benzene rings is 3. The highest BCUT2D eigenvalue weighted by molar-refractivity contribution is 5.89. The molecule has 1 amide bonds. The molecule has 0 radical (unpaired) electrons. The molecule has 0 aliphatic carbocycles. The van der Waals surface area contributed by atoms with Gasteiger partial charge in [-0.25, -0.2) is 0 Å². The van der Waals surface area contributed by atoms with Crippen molar-refractivity contribution in [3.63, 3.8) is 0 Å². The van der Waals surface area contributed by atoms with Crippen LogP contribution in [0.3, 0.4) is 0 Å². The van der Waals surface area contributed by atoms with E-state index in [1.54, 1.807) is 6.92 Å². The summed E-state index contributed by atoms with van der Waals surface area (Å²) < 4.78 is 12.4. The molecule has 0 fully saturated rings. The second-order valence-electron chi connectivity index (χ2n) is 8.03. The van der Waals surface area contributed by atoms with Crippen molar-refractivity contribution in [2.75, 3.05) is 0 Å². The summed E-state index contributed by atoms with van der Waals surface area (Å²) in [5.41, 5.74) is 0.771. The maximum Gasteiger partial charge on any atom is 0.261 e. The molecule has 3 aromatic rings. The van der Waals surface area contributed by atoms with Crippen LogP contribution >= 0.6 is 0 Å². The summed E-state index contributed by atoms with van der Waals surface area (Å²) in [6.45, 7) is 6.08. The van der Waals surface area contributed by atoms with Crippen LogP contribution in [0.1, 0.15) is 51.6 Å². The second-order valence-corrected chi connectivity index (χ2v) is 8.03. The van der Waals surface area contributed by atoms with Gasteiger partial charge >= 0.3 is 0 Å². The van der Waals surface area contributed by atoms with Crippen molar-refractivity contribution in [1.29, 1.82) is 0 Å². The monoisotopic (exact) mass is 403 g/mol. The molecule has 0 bridgehead atoms. The van der Waals surface area contributed by atoms with Gasteiger partial charge in [0.1, 0.15) is 17.1 Å². The van der Waals surface area contributed by atoms with Crippen LogP contribution in [0.25, 0.3) is 10.8 Å². The summed E-state index contributed by atoms with van der Waals surface area (Å²) in [6.07, 6.45) is 1.94. The smallest absolute Gasteiger partial charge is 0.261 e. The lowest BCUT2D eigenvalue weighted by Crippen LogP contribution is -2.46. The SMILES string of the molecule is CCC1(CC)CC(NC(=O)C(C)Oc2cccc3ccccc23)c2ccccc2O1. The number of rotatable bonds is 6. The molecule has 1 aliphatic rings. The van der Waals surface area contributed by atoms with Gasteiger partial charge in [-0.2, -0.15) is 0 Å². The van der Waals surface area contributed by atoms with Crippen molar-refractivity contribution in [3.05, 3.63) is 72.3 Å². The maximum absolute atomic E-state index is 13.1. The van der Waals surface area contributed by atoms with Crippen molar-refractivity contribution < 1.29 is 14.3 Å². The number of nitrogens with one attached hydrogen (secondary N) is 1. The molecule has 4 heteroatoms. The van der Waals surface area contributed by atoms with E-state index in [9.17, 15) is 4.79 Å². The summed E-state index contributed by atoms with van der Waals surface area (Å²) in [5, 5.41) is 5.32. The Hall–Kier alpha value is -3.01. The third kappa shape index (κ3) is 3.87. The molecule has 0 spiro atoms. The highest BCUT2D eigenvalue weighted by Crippen LogP contribution is 2.42. The van der Waals surface area contributed by atoms with Crippen molar-refractivity contribution in [1.82, 2.24) is 5.32 Å². The van der Waals surface area contributed by atoms with Crippen LogP contribution in [0.5, 0.6) is 11.5 Å². The van der Waals surface area contributed by atoms with Gasteiger partial charge in [-0.3, -0.25) is 4.79 Å². The molecule has 0 saturated heterocycles. The van der Waals surface area contributed by atoms with E-state index in [1.165, 1.54) is 0 Å². The van der Waals surface area contributed by atoms with E-state index in [4.69, 9.17) is 9.47 Å². The third-order valence-electron chi connectivity index (χ3n) is 6.22. The van der Waals surface area contributed by atoms with Crippen molar-refractivity contribution in [2.24, 2.45) is 0 Å². The van der Waals surface area contributed by atoms with E-state index in [1.807, 2.05) is 66.7 Å². The molecule has 3 aromatic carbocycles. The predicted molar refractivity (Wildman–Crippen MR) is 120 cm³/mol. The minimum absolute atomic E-state index is 0.0964. The molecule has 156 valence electrons. The van der Waals surface area contributed by atoms with Crippen LogP contribution in [0.15, 0.2) is 66.7 Å². The third-order valence-corrected chi connectivity index (χ3v) is 6.22. The Labute approximate surface area is 178 Å². The first-order chi connectivity index (χ1) is 14.5. The summed E-state index contributed by atoms with van der Waals surface area (Å²) >= 11 is 0. The van der Waals surface area contributed by atoms with Gasteiger partial charge in [-0.1, -0.05) is 68.4 Å². The van der Waals surface area contributed by atoms with E-state index < -0.39 is 6.10 Å². The predicted octanol–water partition coefficient (Wildman–Crippen LogP) is 5.81. The molecule has 1 heterocycles. The number of amides is 1. The Morgan fingerprint density at radius 2 is 1.77 bits per heavy atom. The molecule has 1 aliphatic heterocycles. The molecule has 0 aromatic heterocycles. The first-order valence-corrected chi connectivity index (χ1v) is 10.8. The minimum atomic E-state index is -0.608. The van der Waals surface area contributed by atoms with E-state index >= 15 is 0 Å². The van der Waals surface area contributed by atoms with Crippen LogP contribution in [0.2, 0.25) is 0 Å². The van der Waals surface area contributed by atoms with Gasteiger partial charge in [0.05, 0.1) is 6.04 Å². The summed E-state index contributed by atoms with van der Waals surface area (Å²) in [7, 11) is 0. The molecule has 2 atom stereocenters. The van der Waals surface area contributed by atoms with Gasteiger partial charge in [0, 0.05) is 17.4 Å². The Balaban J connectivity index is 1.54. The van der Waals surface area contributed by atoms with Crippen LogP contribution in [-0.2, 0) is 4.79 Å². The highest BCUT2D eigenvalue weighted by atomic mass is 16.5. The van der Waals surface area contributed by atoms with Crippen LogP contribution < -0.4 is 14.8 Å². The number of para-hydroxylation sites is 1. The molecular weight excluding hydrogens is 374 g/mol. The quantitative estimate of drug-likeness (QED) is 0.565.